The number of amides is 1. The number of carbonyl (C=O) groups excluding carboxylic acids is 1. The third-order valence-electron chi connectivity index (χ3n) is 4.53. The first-order chi connectivity index (χ1) is 12.3. The maximum absolute atomic E-state index is 12.7. The molecule has 1 fully saturated rings. The van der Waals surface area contributed by atoms with Crippen LogP contribution in [-0.2, 0) is 10.0 Å². The standard InChI is InChI=1S/C17H21BrN4O3S/c1-21(2)26(24,25)15-11-12(7-8-14(15)18)17(23)20-16-9-10-19-22(16)13-5-3-4-6-13/h7-11,13H,3-6H2,1-2H3,(H,20,23). The highest BCUT2D eigenvalue weighted by Crippen LogP contribution is 2.31. The average Bonchev–Trinajstić information content (AvgIpc) is 3.25. The molecule has 0 spiro atoms. The molecule has 0 radical (unpaired) electrons. The Morgan fingerprint density at radius 3 is 2.62 bits per heavy atom. The van der Waals surface area contributed by atoms with Gasteiger partial charge in [-0.3, -0.25) is 4.79 Å². The van der Waals surface area contributed by atoms with Crippen LogP contribution in [0.5, 0.6) is 0 Å². The van der Waals surface area contributed by atoms with E-state index in [-0.39, 0.29) is 16.4 Å². The Balaban J connectivity index is 1.87. The summed E-state index contributed by atoms with van der Waals surface area (Å²) < 4.78 is 28.2. The van der Waals surface area contributed by atoms with Crippen molar-refractivity contribution in [2.75, 3.05) is 19.4 Å². The Labute approximate surface area is 161 Å². The lowest BCUT2D eigenvalue weighted by atomic mass is 10.2. The lowest BCUT2D eigenvalue weighted by Gasteiger charge is -2.16. The number of nitrogens with one attached hydrogen (secondary N) is 1. The molecule has 1 aliphatic carbocycles. The fourth-order valence-corrected chi connectivity index (χ4v) is 4.92. The molecule has 1 amide bonds. The number of halogens is 1. The third-order valence-corrected chi connectivity index (χ3v) is 7.34. The fourth-order valence-electron chi connectivity index (χ4n) is 3.08. The van der Waals surface area contributed by atoms with Crippen molar-refractivity contribution >= 4 is 37.7 Å². The third kappa shape index (κ3) is 3.70. The molecule has 0 aliphatic heterocycles. The first-order valence-corrected chi connectivity index (χ1v) is 10.6. The smallest absolute Gasteiger partial charge is 0.256 e. The van der Waals surface area contributed by atoms with Crippen molar-refractivity contribution < 1.29 is 13.2 Å². The molecule has 1 heterocycles. The lowest BCUT2D eigenvalue weighted by Crippen LogP contribution is -2.23. The minimum absolute atomic E-state index is 0.0550. The predicted molar refractivity (Wildman–Crippen MR) is 103 cm³/mol. The van der Waals surface area contributed by atoms with Crippen molar-refractivity contribution in [2.24, 2.45) is 0 Å². The minimum atomic E-state index is -3.66. The number of carbonyl (C=O) groups is 1. The average molecular weight is 441 g/mol. The molecular weight excluding hydrogens is 420 g/mol. The van der Waals surface area contributed by atoms with E-state index in [1.165, 1.54) is 20.2 Å². The van der Waals surface area contributed by atoms with Crippen LogP contribution in [0.4, 0.5) is 5.82 Å². The van der Waals surface area contributed by atoms with Crippen LogP contribution in [0, 0.1) is 0 Å². The van der Waals surface area contributed by atoms with Crippen molar-refractivity contribution in [3.05, 3.63) is 40.5 Å². The van der Waals surface area contributed by atoms with Crippen molar-refractivity contribution in [1.82, 2.24) is 14.1 Å². The van der Waals surface area contributed by atoms with Gasteiger partial charge in [0.15, 0.2) is 0 Å². The summed E-state index contributed by atoms with van der Waals surface area (Å²) in [4.78, 5) is 12.7. The highest BCUT2D eigenvalue weighted by atomic mass is 79.9. The van der Waals surface area contributed by atoms with E-state index in [0.717, 1.165) is 30.0 Å². The summed E-state index contributed by atoms with van der Waals surface area (Å²) in [6.45, 7) is 0. The van der Waals surface area contributed by atoms with Crippen molar-refractivity contribution in [1.29, 1.82) is 0 Å². The van der Waals surface area contributed by atoms with E-state index in [9.17, 15) is 13.2 Å². The van der Waals surface area contributed by atoms with Gasteiger partial charge in [-0.05, 0) is 47.0 Å². The number of nitrogens with zero attached hydrogens (tertiary/aromatic N) is 3. The molecule has 26 heavy (non-hydrogen) atoms. The molecule has 1 aromatic carbocycles. The van der Waals surface area contributed by atoms with Crippen molar-refractivity contribution in [2.45, 2.75) is 36.6 Å². The quantitative estimate of drug-likeness (QED) is 0.772. The van der Waals surface area contributed by atoms with Gasteiger partial charge >= 0.3 is 0 Å². The Bertz CT molecular complexity index is 918. The minimum Gasteiger partial charge on any atom is -0.307 e. The summed E-state index contributed by atoms with van der Waals surface area (Å²) in [7, 11) is -0.752. The molecular formula is C17H21BrN4O3S. The van der Waals surface area contributed by atoms with E-state index < -0.39 is 10.0 Å². The SMILES string of the molecule is CN(C)S(=O)(=O)c1cc(C(=O)Nc2ccnn2C2CCCC2)ccc1Br. The van der Waals surface area contributed by atoms with E-state index in [1.54, 1.807) is 24.4 Å². The summed E-state index contributed by atoms with van der Waals surface area (Å²) in [6, 6.07) is 6.59. The van der Waals surface area contributed by atoms with Gasteiger partial charge in [-0.25, -0.2) is 17.4 Å². The van der Waals surface area contributed by atoms with Gasteiger partial charge in [0.25, 0.3) is 5.91 Å². The second-order valence-corrected chi connectivity index (χ2v) is 9.46. The Hall–Kier alpha value is -1.71. The molecule has 2 aromatic rings. The number of hydrogen-bond donors (Lipinski definition) is 1. The van der Waals surface area contributed by atoms with Crippen LogP contribution in [0.15, 0.2) is 39.8 Å². The van der Waals surface area contributed by atoms with Crippen LogP contribution in [0.1, 0.15) is 42.1 Å². The van der Waals surface area contributed by atoms with Gasteiger partial charge in [-0.2, -0.15) is 5.10 Å². The van der Waals surface area contributed by atoms with Gasteiger partial charge in [-0.1, -0.05) is 12.8 Å². The first kappa shape index (κ1) is 19.1. The number of rotatable bonds is 5. The number of sulfonamides is 1. The van der Waals surface area contributed by atoms with Gasteiger partial charge in [0, 0.05) is 30.2 Å². The molecule has 7 nitrogen and oxygen atoms in total. The number of benzene rings is 1. The summed E-state index contributed by atoms with van der Waals surface area (Å²) >= 11 is 3.25. The Morgan fingerprint density at radius 1 is 1.27 bits per heavy atom. The zero-order valence-corrected chi connectivity index (χ0v) is 17.0. The zero-order valence-electron chi connectivity index (χ0n) is 14.6. The second-order valence-electron chi connectivity index (χ2n) is 6.49. The van der Waals surface area contributed by atoms with Gasteiger partial charge in [0.1, 0.15) is 5.82 Å². The molecule has 1 aliphatic rings. The van der Waals surface area contributed by atoms with Gasteiger partial charge in [0.2, 0.25) is 10.0 Å². The molecule has 0 bridgehead atoms. The van der Waals surface area contributed by atoms with E-state index in [0.29, 0.717) is 16.3 Å². The van der Waals surface area contributed by atoms with Crippen molar-refractivity contribution in [3.63, 3.8) is 0 Å². The Morgan fingerprint density at radius 2 is 1.96 bits per heavy atom. The summed E-state index contributed by atoms with van der Waals surface area (Å²) in [5, 5.41) is 7.18. The molecule has 1 saturated carbocycles. The van der Waals surface area contributed by atoms with Crippen LogP contribution in [0.2, 0.25) is 0 Å². The fraction of sp³-hybridized carbons (Fsp3) is 0.412. The summed E-state index contributed by atoms with van der Waals surface area (Å²) in [5.41, 5.74) is 0.271. The summed E-state index contributed by atoms with van der Waals surface area (Å²) in [6.07, 6.45) is 6.09. The molecule has 140 valence electrons. The molecule has 3 rings (SSSR count). The van der Waals surface area contributed by atoms with E-state index in [4.69, 9.17) is 0 Å². The maximum Gasteiger partial charge on any atom is 0.256 e. The first-order valence-electron chi connectivity index (χ1n) is 8.37. The molecule has 0 unspecified atom stereocenters. The number of anilines is 1. The molecule has 0 saturated heterocycles. The highest BCUT2D eigenvalue weighted by molar-refractivity contribution is 9.10. The van der Waals surface area contributed by atoms with E-state index in [1.807, 2.05) is 4.68 Å². The van der Waals surface area contributed by atoms with Gasteiger partial charge in [0.05, 0.1) is 17.1 Å². The van der Waals surface area contributed by atoms with Crippen LogP contribution < -0.4 is 5.32 Å². The zero-order chi connectivity index (χ0) is 18.9. The monoisotopic (exact) mass is 440 g/mol. The number of aromatic nitrogens is 2. The maximum atomic E-state index is 12.7. The van der Waals surface area contributed by atoms with E-state index >= 15 is 0 Å². The van der Waals surface area contributed by atoms with Crippen LogP contribution in [0.3, 0.4) is 0 Å². The molecule has 0 atom stereocenters. The largest absolute Gasteiger partial charge is 0.307 e. The van der Waals surface area contributed by atoms with Crippen LogP contribution in [-0.4, -0.2) is 42.5 Å². The summed E-state index contributed by atoms with van der Waals surface area (Å²) in [5.74, 6) is 0.259. The lowest BCUT2D eigenvalue weighted by molar-refractivity contribution is 0.102. The normalized spacial score (nSPS) is 15.5. The molecule has 1 aromatic heterocycles. The van der Waals surface area contributed by atoms with E-state index in [2.05, 4.69) is 26.3 Å². The topological polar surface area (TPSA) is 84.3 Å². The van der Waals surface area contributed by atoms with Gasteiger partial charge in [-0.15, -0.1) is 0 Å². The molecule has 9 heteroatoms. The predicted octanol–water partition coefficient (Wildman–Crippen LogP) is 3.26. The van der Waals surface area contributed by atoms with Crippen molar-refractivity contribution in [3.8, 4) is 0 Å². The molecule has 1 N–H and O–H groups in total. The Kier molecular flexibility index (Phi) is 5.50. The number of hydrogen-bond acceptors (Lipinski definition) is 4. The van der Waals surface area contributed by atoms with Crippen LogP contribution in [0.25, 0.3) is 0 Å². The highest BCUT2D eigenvalue weighted by Gasteiger charge is 2.24. The van der Waals surface area contributed by atoms with Crippen LogP contribution >= 0.6 is 15.9 Å². The van der Waals surface area contributed by atoms with Gasteiger partial charge < -0.3 is 5.32 Å². The second kappa shape index (κ2) is 7.50.